The fourth-order valence-corrected chi connectivity index (χ4v) is 6.59. The number of amides is 1. The lowest BCUT2D eigenvalue weighted by Gasteiger charge is -2.33. The molecule has 2 heterocycles. The highest BCUT2D eigenvalue weighted by molar-refractivity contribution is 7.99. The Hall–Kier alpha value is -1.06. The van der Waals surface area contributed by atoms with Crippen LogP contribution in [0, 0.1) is 0 Å². The number of nitrogens with zero attached hydrogens (tertiary/aromatic N) is 2. The average Bonchev–Trinajstić information content (AvgIpc) is 3.10. The van der Waals surface area contributed by atoms with E-state index in [9.17, 15) is 13.2 Å². The quantitative estimate of drug-likeness (QED) is 0.659. The molecule has 0 spiro atoms. The zero-order valence-corrected chi connectivity index (χ0v) is 17.2. The van der Waals surface area contributed by atoms with Crippen molar-refractivity contribution in [3.63, 3.8) is 0 Å². The molecular weight excluding hydrogens is 412 g/mol. The molecular formula is C17H19ClN2O3S3. The van der Waals surface area contributed by atoms with Gasteiger partial charge in [0.25, 0.3) is 10.0 Å². The van der Waals surface area contributed by atoms with Crippen LogP contribution in [0.15, 0.2) is 51.6 Å². The van der Waals surface area contributed by atoms with Gasteiger partial charge in [-0.2, -0.15) is 4.31 Å². The van der Waals surface area contributed by atoms with E-state index >= 15 is 0 Å². The molecule has 2 aromatic rings. The first-order valence-electron chi connectivity index (χ1n) is 8.18. The van der Waals surface area contributed by atoms with E-state index in [-0.39, 0.29) is 10.1 Å². The van der Waals surface area contributed by atoms with Crippen molar-refractivity contribution in [1.82, 2.24) is 9.21 Å². The highest BCUT2D eigenvalue weighted by Crippen LogP contribution is 2.28. The molecule has 1 aliphatic rings. The first-order chi connectivity index (χ1) is 12.5. The fourth-order valence-electron chi connectivity index (χ4n) is 2.67. The molecule has 3 rings (SSSR count). The molecule has 0 radical (unpaired) electrons. The van der Waals surface area contributed by atoms with Crippen LogP contribution < -0.4 is 0 Å². The summed E-state index contributed by atoms with van der Waals surface area (Å²) in [5.74, 6) is 0.791. The molecule has 1 aliphatic heterocycles. The molecule has 26 heavy (non-hydrogen) atoms. The number of rotatable bonds is 6. The summed E-state index contributed by atoms with van der Waals surface area (Å²) in [6.07, 6.45) is 0.451. The number of thiophene rings is 1. The van der Waals surface area contributed by atoms with Gasteiger partial charge in [-0.3, -0.25) is 4.79 Å². The van der Waals surface area contributed by atoms with E-state index in [1.54, 1.807) is 22.7 Å². The standard InChI is InChI=1S/C17H19ClN2O3S3/c18-15-6-7-17(25-15)26(22,23)20-11-9-19(10-12-20)16(21)8-13-24-14-4-2-1-3-5-14/h1-7H,8-13H2. The maximum Gasteiger partial charge on any atom is 0.252 e. The van der Waals surface area contributed by atoms with E-state index in [1.165, 1.54) is 10.4 Å². The van der Waals surface area contributed by atoms with Gasteiger partial charge in [0.05, 0.1) is 4.34 Å². The maximum atomic E-state index is 12.6. The molecule has 140 valence electrons. The molecule has 0 N–H and O–H groups in total. The van der Waals surface area contributed by atoms with Crippen molar-refractivity contribution in [3.8, 4) is 0 Å². The molecule has 0 saturated carbocycles. The van der Waals surface area contributed by atoms with Crippen molar-refractivity contribution in [2.75, 3.05) is 31.9 Å². The fraction of sp³-hybridized carbons (Fsp3) is 0.353. The monoisotopic (exact) mass is 430 g/mol. The summed E-state index contributed by atoms with van der Waals surface area (Å²) in [6.45, 7) is 1.48. The second-order valence-electron chi connectivity index (χ2n) is 5.75. The van der Waals surface area contributed by atoms with Gasteiger partial charge in [-0.1, -0.05) is 29.8 Å². The molecule has 1 amide bonds. The summed E-state index contributed by atoms with van der Waals surface area (Å²) in [5.41, 5.74) is 0. The zero-order valence-electron chi connectivity index (χ0n) is 14.0. The van der Waals surface area contributed by atoms with Crippen LogP contribution in [0.3, 0.4) is 0 Å². The number of hydrogen-bond acceptors (Lipinski definition) is 5. The van der Waals surface area contributed by atoms with Gasteiger partial charge in [0.2, 0.25) is 5.91 Å². The van der Waals surface area contributed by atoms with E-state index in [0.29, 0.717) is 36.9 Å². The third kappa shape index (κ3) is 4.80. The van der Waals surface area contributed by atoms with Gasteiger partial charge in [-0.15, -0.1) is 23.1 Å². The number of halogens is 1. The SMILES string of the molecule is O=C(CCSc1ccccc1)N1CCN(S(=O)(=O)c2ccc(Cl)s2)CC1. The number of carbonyl (C=O) groups excluding carboxylic acids is 1. The molecule has 1 fully saturated rings. The van der Waals surface area contributed by atoms with Gasteiger partial charge < -0.3 is 4.90 Å². The smallest absolute Gasteiger partial charge is 0.252 e. The topological polar surface area (TPSA) is 57.7 Å². The number of carbonyl (C=O) groups is 1. The van der Waals surface area contributed by atoms with Crippen LogP contribution in [-0.2, 0) is 14.8 Å². The van der Waals surface area contributed by atoms with Crippen LogP contribution in [-0.4, -0.2) is 55.5 Å². The van der Waals surface area contributed by atoms with Crippen molar-refractivity contribution < 1.29 is 13.2 Å². The Morgan fingerprint density at radius 2 is 1.77 bits per heavy atom. The molecule has 5 nitrogen and oxygen atoms in total. The third-order valence-corrected chi connectivity index (χ3v) is 8.67. The Morgan fingerprint density at radius 1 is 1.08 bits per heavy atom. The highest BCUT2D eigenvalue weighted by atomic mass is 35.5. The van der Waals surface area contributed by atoms with Crippen molar-refractivity contribution in [3.05, 3.63) is 46.8 Å². The second-order valence-corrected chi connectivity index (χ2v) is 10.8. The third-order valence-electron chi connectivity index (χ3n) is 4.06. The second kappa shape index (κ2) is 8.75. The van der Waals surface area contributed by atoms with Gasteiger partial charge in [0.1, 0.15) is 4.21 Å². The van der Waals surface area contributed by atoms with E-state index in [4.69, 9.17) is 11.6 Å². The molecule has 0 atom stereocenters. The van der Waals surface area contributed by atoms with Crippen LogP contribution in [0.5, 0.6) is 0 Å². The van der Waals surface area contributed by atoms with Crippen LogP contribution >= 0.6 is 34.7 Å². The number of benzene rings is 1. The summed E-state index contributed by atoms with van der Waals surface area (Å²) >= 11 is 8.55. The van der Waals surface area contributed by atoms with Crippen molar-refractivity contribution >= 4 is 50.6 Å². The predicted octanol–water partition coefficient (Wildman–Crippen LogP) is 3.42. The Kier molecular flexibility index (Phi) is 6.63. The van der Waals surface area contributed by atoms with E-state index in [1.807, 2.05) is 30.3 Å². The molecule has 1 saturated heterocycles. The Balaban J connectivity index is 1.48. The Morgan fingerprint density at radius 3 is 2.38 bits per heavy atom. The largest absolute Gasteiger partial charge is 0.340 e. The summed E-state index contributed by atoms with van der Waals surface area (Å²) in [6, 6.07) is 13.1. The number of piperazine rings is 1. The molecule has 9 heteroatoms. The van der Waals surface area contributed by atoms with Crippen LogP contribution in [0.4, 0.5) is 0 Å². The van der Waals surface area contributed by atoms with Crippen molar-refractivity contribution in [1.29, 1.82) is 0 Å². The number of hydrogen-bond donors (Lipinski definition) is 0. The van der Waals surface area contributed by atoms with E-state index < -0.39 is 10.0 Å². The summed E-state index contributed by atoms with van der Waals surface area (Å²) in [5, 5.41) is 0. The summed E-state index contributed by atoms with van der Waals surface area (Å²) in [7, 11) is -3.52. The molecule has 0 bridgehead atoms. The predicted molar refractivity (Wildman–Crippen MR) is 106 cm³/mol. The van der Waals surface area contributed by atoms with E-state index in [0.717, 1.165) is 22.0 Å². The molecule has 1 aromatic carbocycles. The minimum absolute atomic E-state index is 0.0737. The first kappa shape index (κ1) is 19.7. The average molecular weight is 431 g/mol. The Labute approximate surface area is 167 Å². The van der Waals surface area contributed by atoms with Crippen molar-refractivity contribution in [2.45, 2.75) is 15.5 Å². The van der Waals surface area contributed by atoms with Gasteiger partial charge in [-0.05, 0) is 24.3 Å². The van der Waals surface area contributed by atoms with Crippen molar-refractivity contribution in [2.24, 2.45) is 0 Å². The van der Waals surface area contributed by atoms with Crippen LogP contribution in [0.1, 0.15) is 6.42 Å². The van der Waals surface area contributed by atoms with Gasteiger partial charge in [-0.25, -0.2) is 8.42 Å². The summed E-state index contributed by atoms with van der Waals surface area (Å²) in [4.78, 5) is 15.2. The molecule has 0 unspecified atom stereocenters. The Bertz CT molecular complexity index is 847. The van der Waals surface area contributed by atoms with Gasteiger partial charge >= 0.3 is 0 Å². The van der Waals surface area contributed by atoms with E-state index in [2.05, 4.69) is 0 Å². The molecule has 0 aliphatic carbocycles. The summed E-state index contributed by atoms with van der Waals surface area (Å²) < 4.78 is 27.3. The highest BCUT2D eigenvalue weighted by Gasteiger charge is 2.30. The maximum absolute atomic E-state index is 12.6. The number of thioether (sulfide) groups is 1. The van der Waals surface area contributed by atoms with Gasteiger partial charge in [0.15, 0.2) is 0 Å². The lowest BCUT2D eigenvalue weighted by molar-refractivity contribution is -0.131. The van der Waals surface area contributed by atoms with Gasteiger partial charge in [0, 0.05) is 43.2 Å². The normalized spacial score (nSPS) is 16.0. The zero-order chi connectivity index (χ0) is 18.6. The minimum atomic E-state index is -3.52. The van der Waals surface area contributed by atoms with Crippen LogP contribution in [0.2, 0.25) is 4.34 Å². The molecule has 1 aromatic heterocycles. The number of sulfonamides is 1. The first-order valence-corrected chi connectivity index (χ1v) is 11.8. The van der Waals surface area contributed by atoms with Crippen LogP contribution in [0.25, 0.3) is 0 Å². The minimum Gasteiger partial charge on any atom is -0.340 e. The lowest BCUT2D eigenvalue weighted by atomic mass is 10.3. The lowest BCUT2D eigenvalue weighted by Crippen LogP contribution is -2.50.